The third kappa shape index (κ3) is 8.92. The molecule has 0 aromatic heterocycles. The molecule has 0 atom stereocenters. The highest BCUT2D eigenvalue weighted by Crippen LogP contribution is 2.19. The van der Waals surface area contributed by atoms with Crippen LogP contribution in [0.5, 0.6) is 0 Å². The van der Waals surface area contributed by atoms with Gasteiger partial charge < -0.3 is 27.5 Å². The van der Waals surface area contributed by atoms with Crippen molar-refractivity contribution in [2.45, 2.75) is 53.3 Å². The minimum absolute atomic E-state index is 0.657. The molecule has 0 aromatic carbocycles. The normalized spacial score (nSPS) is 17.8. The van der Waals surface area contributed by atoms with Crippen LogP contribution < -0.4 is 0 Å². The van der Waals surface area contributed by atoms with Gasteiger partial charge in [-0.15, -0.1) is 0 Å². The Hall–Kier alpha value is 0.194. The van der Waals surface area contributed by atoms with E-state index in [1.165, 1.54) is 0 Å². The second-order valence-corrected chi connectivity index (χ2v) is 14.3. The summed E-state index contributed by atoms with van der Waals surface area (Å²) in [5.74, 6) is 0. The van der Waals surface area contributed by atoms with Gasteiger partial charge in [0.15, 0.2) is 8.32 Å². The fourth-order valence-electron chi connectivity index (χ4n) is 3.67. The topological polar surface area (TPSA) is 43.4 Å². The van der Waals surface area contributed by atoms with E-state index < -0.39 is 17.1 Å². The van der Waals surface area contributed by atoms with E-state index in [1.54, 1.807) is 0 Å². The highest BCUT2D eigenvalue weighted by atomic mass is 28.4. The molecule has 1 fully saturated rings. The summed E-state index contributed by atoms with van der Waals surface area (Å²) in [4.78, 5) is 5.15. The number of hydrogen-bond acceptors (Lipinski definition) is 6. The maximum absolute atomic E-state index is 5.98. The molecule has 156 valence electrons. The second-order valence-electron chi connectivity index (χ2n) is 7.40. The predicted molar refractivity (Wildman–Crippen MR) is 112 cm³/mol. The minimum atomic E-state index is -2.48. The number of piperazine rings is 1. The molecule has 6 nitrogen and oxygen atoms in total. The smallest absolute Gasteiger partial charge is 0.416 e. The Bertz CT molecular complexity index is 350. The van der Waals surface area contributed by atoms with Crippen molar-refractivity contribution in [3.63, 3.8) is 0 Å². The summed E-state index contributed by atoms with van der Waals surface area (Å²) < 4.78 is 23.8. The lowest BCUT2D eigenvalue weighted by molar-refractivity contribution is 0.0689. The van der Waals surface area contributed by atoms with Gasteiger partial charge in [-0.3, -0.25) is 0 Å². The van der Waals surface area contributed by atoms with Crippen molar-refractivity contribution in [2.75, 3.05) is 65.3 Å². The van der Waals surface area contributed by atoms with E-state index in [1.807, 2.05) is 20.8 Å². The van der Waals surface area contributed by atoms with Gasteiger partial charge in [-0.1, -0.05) is 0 Å². The van der Waals surface area contributed by atoms with Crippen molar-refractivity contribution >= 4 is 17.1 Å². The molecule has 1 rings (SSSR count). The van der Waals surface area contributed by atoms with Crippen molar-refractivity contribution in [3.05, 3.63) is 0 Å². The Balaban J connectivity index is 2.36. The summed E-state index contributed by atoms with van der Waals surface area (Å²) in [6.45, 7) is 21.3. The van der Waals surface area contributed by atoms with E-state index in [0.29, 0.717) is 19.8 Å². The molecule has 1 saturated heterocycles. The summed E-state index contributed by atoms with van der Waals surface area (Å²) >= 11 is 0. The first-order valence-electron chi connectivity index (χ1n) is 10.4. The largest absolute Gasteiger partial charge is 0.500 e. The lowest BCUT2D eigenvalue weighted by Gasteiger charge is -2.38. The van der Waals surface area contributed by atoms with Gasteiger partial charge in [0.1, 0.15) is 0 Å². The summed E-state index contributed by atoms with van der Waals surface area (Å²) in [5, 5.41) is 0. The molecule has 0 amide bonds. The summed E-state index contributed by atoms with van der Waals surface area (Å²) in [5.41, 5.74) is 0. The molecule has 0 spiro atoms. The first kappa shape index (κ1) is 24.2. The number of nitrogens with zero attached hydrogens (tertiary/aromatic N) is 2. The Kier molecular flexibility index (Phi) is 11.8. The van der Waals surface area contributed by atoms with Gasteiger partial charge in [0, 0.05) is 64.8 Å². The molecule has 0 unspecified atom stereocenters. The van der Waals surface area contributed by atoms with E-state index in [2.05, 4.69) is 29.8 Å². The van der Waals surface area contributed by atoms with E-state index >= 15 is 0 Å². The van der Waals surface area contributed by atoms with Crippen molar-refractivity contribution in [1.82, 2.24) is 9.80 Å². The molecule has 1 aliphatic heterocycles. The average Bonchev–Trinajstić information content (AvgIpc) is 2.57. The van der Waals surface area contributed by atoms with Crippen LogP contribution in [0, 0.1) is 0 Å². The van der Waals surface area contributed by atoms with Gasteiger partial charge in [-0.05, 0) is 53.8 Å². The van der Waals surface area contributed by atoms with E-state index in [9.17, 15) is 0 Å². The molecule has 8 heteroatoms. The second kappa shape index (κ2) is 12.6. The van der Waals surface area contributed by atoms with Crippen LogP contribution in [0.2, 0.25) is 19.1 Å². The third-order valence-corrected chi connectivity index (χ3v) is 10.1. The third-order valence-electron chi connectivity index (χ3n) is 4.65. The molecule has 0 aliphatic carbocycles. The summed E-state index contributed by atoms with van der Waals surface area (Å²) in [7, 11) is -4.01. The summed E-state index contributed by atoms with van der Waals surface area (Å²) in [6, 6.07) is 0.910. The Morgan fingerprint density at radius 1 is 0.692 bits per heavy atom. The van der Waals surface area contributed by atoms with Crippen LogP contribution in [0.15, 0.2) is 0 Å². The standard InChI is InChI=1S/C18H42N2O4Si2/c1-7-21-25(5,6)18-20-15-13-19(14-16-20)12-11-17-26(22-8-2,23-9-3)24-10-4/h7-18H2,1-6H3. The average molecular weight is 407 g/mol. The zero-order chi connectivity index (χ0) is 19.5. The molecular weight excluding hydrogens is 364 g/mol. The first-order valence-corrected chi connectivity index (χ1v) is 15.5. The summed E-state index contributed by atoms with van der Waals surface area (Å²) in [6.07, 6.45) is 2.22. The molecule has 1 aliphatic rings. The van der Waals surface area contributed by atoms with E-state index in [-0.39, 0.29) is 0 Å². The van der Waals surface area contributed by atoms with Gasteiger partial charge in [0.25, 0.3) is 0 Å². The lowest BCUT2D eigenvalue weighted by atomic mass is 10.3. The van der Waals surface area contributed by atoms with Gasteiger partial charge in [0.05, 0.1) is 0 Å². The van der Waals surface area contributed by atoms with Crippen LogP contribution >= 0.6 is 0 Å². The maximum Gasteiger partial charge on any atom is 0.500 e. The Morgan fingerprint density at radius 3 is 1.62 bits per heavy atom. The van der Waals surface area contributed by atoms with E-state index in [0.717, 1.165) is 58.0 Å². The highest BCUT2D eigenvalue weighted by Gasteiger charge is 2.39. The van der Waals surface area contributed by atoms with Crippen molar-refractivity contribution in [3.8, 4) is 0 Å². The fraction of sp³-hybridized carbons (Fsp3) is 1.00. The molecular formula is C18H42N2O4Si2. The quantitative estimate of drug-likeness (QED) is 0.413. The fourth-order valence-corrected chi connectivity index (χ4v) is 8.53. The molecule has 0 bridgehead atoms. The van der Waals surface area contributed by atoms with E-state index in [4.69, 9.17) is 17.7 Å². The van der Waals surface area contributed by atoms with Crippen LogP contribution in [0.4, 0.5) is 0 Å². The van der Waals surface area contributed by atoms with Crippen LogP contribution in [-0.4, -0.2) is 92.2 Å². The van der Waals surface area contributed by atoms with Crippen LogP contribution in [0.1, 0.15) is 34.1 Å². The molecule has 0 radical (unpaired) electrons. The Labute approximate surface area is 163 Å². The zero-order valence-electron chi connectivity index (χ0n) is 18.0. The molecule has 26 heavy (non-hydrogen) atoms. The van der Waals surface area contributed by atoms with Gasteiger partial charge >= 0.3 is 8.80 Å². The van der Waals surface area contributed by atoms with Gasteiger partial charge in [0.2, 0.25) is 0 Å². The van der Waals surface area contributed by atoms with Crippen molar-refractivity contribution in [2.24, 2.45) is 0 Å². The van der Waals surface area contributed by atoms with Crippen molar-refractivity contribution in [1.29, 1.82) is 0 Å². The predicted octanol–water partition coefficient (Wildman–Crippen LogP) is 2.82. The molecule has 0 N–H and O–H groups in total. The lowest BCUT2D eigenvalue weighted by Crippen LogP contribution is -2.53. The first-order chi connectivity index (χ1) is 12.4. The monoisotopic (exact) mass is 406 g/mol. The van der Waals surface area contributed by atoms with Crippen LogP contribution in [0.25, 0.3) is 0 Å². The molecule has 1 heterocycles. The van der Waals surface area contributed by atoms with Crippen molar-refractivity contribution < 1.29 is 17.7 Å². The number of hydrogen-bond donors (Lipinski definition) is 0. The maximum atomic E-state index is 5.98. The molecule has 0 aromatic rings. The number of rotatable bonds is 14. The van der Waals surface area contributed by atoms with Crippen LogP contribution in [0.3, 0.4) is 0 Å². The van der Waals surface area contributed by atoms with Gasteiger partial charge in [-0.2, -0.15) is 0 Å². The van der Waals surface area contributed by atoms with Gasteiger partial charge in [-0.25, -0.2) is 0 Å². The molecule has 0 saturated carbocycles. The Morgan fingerprint density at radius 2 is 1.15 bits per heavy atom. The minimum Gasteiger partial charge on any atom is -0.416 e. The van der Waals surface area contributed by atoms with Crippen LogP contribution in [-0.2, 0) is 17.7 Å². The highest BCUT2D eigenvalue weighted by molar-refractivity contribution is 6.71. The zero-order valence-corrected chi connectivity index (χ0v) is 20.0. The SMILES string of the molecule is CCO[Si](C)(C)CN1CCN(CCC[Si](OCC)(OCC)OCC)CC1.